The molecule has 2 N–H and O–H groups in total. The Balaban J connectivity index is 1.30. The van der Waals surface area contributed by atoms with Crippen LogP contribution in [0.4, 0.5) is 11.4 Å². The maximum atomic E-state index is 12.3. The predicted octanol–water partition coefficient (Wildman–Crippen LogP) is 2.25. The van der Waals surface area contributed by atoms with Gasteiger partial charge in [-0.15, -0.1) is 0 Å². The summed E-state index contributed by atoms with van der Waals surface area (Å²) >= 11 is 0. The number of nitrogens with one attached hydrogen (secondary N) is 2. The molecule has 1 unspecified atom stereocenters. The minimum atomic E-state index is -0.746. The fourth-order valence-corrected chi connectivity index (χ4v) is 4.43. The molecular formula is C22H29N3O5. The number of aryl methyl sites for hydroxylation is 1. The molecule has 1 atom stereocenters. The van der Waals surface area contributed by atoms with Crippen LogP contribution in [-0.4, -0.2) is 49.3 Å². The van der Waals surface area contributed by atoms with Crippen molar-refractivity contribution in [2.45, 2.75) is 63.8 Å². The first-order valence-corrected chi connectivity index (χ1v) is 10.8. The second-order valence-electron chi connectivity index (χ2n) is 8.34. The molecule has 3 aliphatic rings. The van der Waals surface area contributed by atoms with E-state index in [2.05, 4.69) is 10.6 Å². The van der Waals surface area contributed by atoms with Crippen molar-refractivity contribution in [3.63, 3.8) is 0 Å². The lowest BCUT2D eigenvalue weighted by molar-refractivity contribution is -0.186. The average molecular weight is 415 g/mol. The number of carbonyl (C=O) groups is 3. The SMILES string of the molecule is Cc1ccc(NC(=O)C(=O)NCC2COC3(CCCCC3)O2)cc1N1CCCC1=O. The molecule has 4 rings (SSSR count). The summed E-state index contributed by atoms with van der Waals surface area (Å²) in [6, 6.07) is 5.30. The number of amides is 3. The molecule has 2 aliphatic heterocycles. The Hall–Kier alpha value is -2.45. The Labute approximate surface area is 176 Å². The van der Waals surface area contributed by atoms with Gasteiger partial charge in [-0.2, -0.15) is 0 Å². The van der Waals surface area contributed by atoms with Gasteiger partial charge in [0.15, 0.2) is 5.79 Å². The Morgan fingerprint density at radius 1 is 1.17 bits per heavy atom. The molecule has 8 heteroatoms. The molecule has 30 heavy (non-hydrogen) atoms. The third-order valence-corrected chi connectivity index (χ3v) is 6.06. The van der Waals surface area contributed by atoms with E-state index in [4.69, 9.17) is 9.47 Å². The van der Waals surface area contributed by atoms with Crippen molar-refractivity contribution in [2.24, 2.45) is 0 Å². The van der Waals surface area contributed by atoms with E-state index < -0.39 is 17.6 Å². The van der Waals surface area contributed by atoms with Crippen LogP contribution in [0.15, 0.2) is 18.2 Å². The molecule has 3 amide bonds. The Morgan fingerprint density at radius 2 is 1.97 bits per heavy atom. The number of anilines is 2. The Bertz CT molecular complexity index is 834. The van der Waals surface area contributed by atoms with E-state index in [1.54, 1.807) is 17.0 Å². The summed E-state index contributed by atoms with van der Waals surface area (Å²) in [5, 5.41) is 5.25. The molecule has 8 nitrogen and oxygen atoms in total. The maximum Gasteiger partial charge on any atom is 0.313 e. The maximum absolute atomic E-state index is 12.3. The Kier molecular flexibility index (Phi) is 6.06. The summed E-state index contributed by atoms with van der Waals surface area (Å²) in [6.07, 6.45) is 6.25. The fraction of sp³-hybridized carbons (Fsp3) is 0.591. The van der Waals surface area contributed by atoms with E-state index in [9.17, 15) is 14.4 Å². The number of rotatable bonds is 4. The topological polar surface area (TPSA) is 97.0 Å². The van der Waals surface area contributed by atoms with E-state index in [0.717, 1.165) is 43.4 Å². The quantitative estimate of drug-likeness (QED) is 0.736. The molecule has 3 fully saturated rings. The average Bonchev–Trinajstić information content (AvgIpc) is 3.34. The Morgan fingerprint density at radius 3 is 2.70 bits per heavy atom. The minimum Gasteiger partial charge on any atom is -0.347 e. The van der Waals surface area contributed by atoms with Gasteiger partial charge in [0.2, 0.25) is 5.91 Å². The lowest BCUT2D eigenvalue weighted by Crippen LogP contribution is -2.41. The van der Waals surface area contributed by atoms with Crippen molar-refractivity contribution < 1.29 is 23.9 Å². The molecule has 0 aromatic heterocycles. The van der Waals surface area contributed by atoms with Crippen molar-refractivity contribution >= 4 is 29.1 Å². The normalized spacial score (nSPS) is 23.0. The summed E-state index contributed by atoms with van der Waals surface area (Å²) in [6.45, 7) is 3.24. The molecule has 1 aromatic carbocycles. The minimum absolute atomic E-state index is 0.0776. The number of benzene rings is 1. The highest BCUT2D eigenvalue weighted by Gasteiger charge is 2.42. The summed E-state index contributed by atoms with van der Waals surface area (Å²) in [7, 11) is 0. The number of ether oxygens (including phenoxy) is 2. The van der Waals surface area contributed by atoms with Gasteiger partial charge in [-0.1, -0.05) is 12.5 Å². The lowest BCUT2D eigenvalue weighted by atomic mass is 9.94. The van der Waals surface area contributed by atoms with Gasteiger partial charge in [0.05, 0.1) is 6.61 Å². The van der Waals surface area contributed by atoms with Gasteiger partial charge >= 0.3 is 11.8 Å². The van der Waals surface area contributed by atoms with Gasteiger partial charge < -0.3 is 25.0 Å². The zero-order valence-electron chi connectivity index (χ0n) is 17.4. The zero-order valence-corrected chi connectivity index (χ0v) is 17.4. The smallest absolute Gasteiger partial charge is 0.313 e. The van der Waals surface area contributed by atoms with Crippen LogP contribution in [0.3, 0.4) is 0 Å². The number of carbonyl (C=O) groups excluding carboxylic acids is 3. The van der Waals surface area contributed by atoms with Gasteiger partial charge in [-0.05, 0) is 43.9 Å². The van der Waals surface area contributed by atoms with Crippen LogP contribution in [0, 0.1) is 6.92 Å². The summed E-state index contributed by atoms with van der Waals surface area (Å²) in [5.41, 5.74) is 2.20. The van der Waals surface area contributed by atoms with E-state index in [1.165, 1.54) is 6.42 Å². The first-order chi connectivity index (χ1) is 14.5. The van der Waals surface area contributed by atoms with E-state index in [0.29, 0.717) is 25.3 Å². The number of hydrogen-bond acceptors (Lipinski definition) is 5. The largest absolute Gasteiger partial charge is 0.347 e. The van der Waals surface area contributed by atoms with Crippen LogP contribution in [0.2, 0.25) is 0 Å². The first-order valence-electron chi connectivity index (χ1n) is 10.8. The molecule has 1 aliphatic carbocycles. The van der Waals surface area contributed by atoms with Crippen LogP contribution >= 0.6 is 0 Å². The highest BCUT2D eigenvalue weighted by molar-refractivity contribution is 6.39. The summed E-state index contributed by atoms with van der Waals surface area (Å²) < 4.78 is 11.9. The van der Waals surface area contributed by atoms with E-state index >= 15 is 0 Å². The van der Waals surface area contributed by atoms with E-state index in [1.807, 2.05) is 13.0 Å². The molecular weight excluding hydrogens is 386 g/mol. The van der Waals surface area contributed by atoms with E-state index in [-0.39, 0.29) is 18.6 Å². The van der Waals surface area contributed by atoms with Crippen molar-refractivity contribution in [3.8, 4) is 0 Å². The van der Waals surface area contributed by atoms with Gasteiger partial charge in [0.1, 0.15) is 6.10 Å². The summed E-state index contributed by atoms with van der Waals surface area (Å²) in [5.74, 6) is -1.89. The van der Waals surface area contributed by atoms with Crippen molar-refractivity contribution in [2.75, 3.05) is 29.9 Å². The highest BCUT2D eigenvalue weighted by Crippen LogP contribution is 2.37. The van der Waals surface area contributed by atoms with Crippen molar-refractivity contribution in [3.05, 3.63) is 23.8 Å². The standard InChI is InChI=1S/C22H29N3O5/c1-15-7-8-16(12-18(15)25-11-5-6-19(25)26)24-21(28)20(27)23-13-17-14-29-22(30-17)9-3-2-4-10-22/h7-8,12,17H,2-6,9-11,13-14H2,1H3,(H,23,27)(H,24,28). The van der Waals surface area contributed by atoms with Crippen LogP contribution in [-0.2, 0) is 23.9 Å². The lowest BCUT2D eigenvalue weighted by Gasteiger charge is -2.31. The van der Waals surface area contributed by atoms with Gasteiger partial charge in [0.25, 0.3) is 0 Å². The van der Waals surface area contributed by atoms with Gasteiger partial charge in [-0.25, -0.2) is 0 Å². The third kappa shape index (κ3) is 4.49. The summed E-state index contributed by atoms with van der Waals surface area (Å²) in [4.78, 5) is 38.3. The van der Waals surface area contributed by atoms with Crippen LogP contribution in [0.25, 0.3) is 0 Å². The van der Waals surface area contributed by atoms with Crippen LogP contribution in [0.5, 0.6) is 0 Å². The van der Waals surface area contributed by atoms with Gasteiger partial charge in [-0.3, -0.25) is 14.4 Å². The fourth-order valence-electron chi connectivity index (χ4n) is 4.43. The zero-order chi connectivity index (χ0) is 21.1. The molecule has 2 saturated heterocycles. The van der Waals surface area contributed by atoms with Crippen molar-refractivity contribution in [1.29, 1.82) is 0 Å². The first kappa shape index (κ1) is 20.8. The second-order valence-corrected chi connectivity index (χ2v) is 8.34. The second kappa shape index (κ2) is 8.73. The van der Waals surface area contributed by atoms with Crippen LogP contribution < -0.4 is 15.5 Å². The van der Waals surface area contributed by atoms with Gasteiger partial charge in [0, 0.05) is 43.7 Å². The molecule has 162 valence electrons. The monoisotopic (exact) mass is 415 g/mol. The molecule has 1 aromatic rings. The number of nitrogens with zero attached hydrogens (tertiary/aromatic N) is 1. The third-order valence-electron chi connectivity index (χ3n) is 6.06. The molecule has 0 bridgehead atoms. The molecule has 0 radical (unpaired) electrons. The van der Waals surface area contributed by atoms with Crippen LogP contribution in [0.1, 0.15) is 50.5 Å². The molecule has 2 heterocycles. The highest BCUT2D eigenvalue weighted by atomic mass is 16.7. The molecule has 1 saturated carbocycles. The number of hydrogen-bond donors (Lipinski definition) is 2. The van der Waals surface area contributed by atoms with Crippen molar-refractivity contribution in [1.82, 2.24) is 5.32 Å². The predicted molar refractivity (Wildman–Crippen MR) is 111 cm³/mol. The molecule has 1 spiro atoms.